The van der Waals surface area contributed by atoms with Gasteiger partial charge in [-0.1, -0.05) is 17.3 Å². The second-order valence-corrected chi connectivity index (χ2v) is 6.02. The van der Waals surface area contributed by atoms with E-state index in [0.717, 1.165) is 11.3 Å². The number of carbonyl (C=O) groups excluding carboxylic acids is 1. The molecule has 3 rings (SSSR count). The maximum atomic E-state index is 12.4. The molecule has 27 heavy (non-hydrogen) atoms. The summed E-state index contributed by atoms with van der Waals surface area (Å²) in [5.74, 6) is 2.00. The fourth-order valence-electron chi connectivity index (χ4n) is 2.48. The van der Waals surface area contributed by atoms with Gasteiger partial charge in [-0.3, -0.25) is 4.79 Å². The van der Waals surface area contributed by atoms with Gasteiger partial charge in [0.1, 0.15) is 17.2 Å². The van der Waals surface area contributed by atoms with E-state index < -0.39 is 0 Å². The van der Waals surface area contributed by atoms with Crippen molar-refractivity contribution in [3.8, 4) is 5.75 Å². The fraction of sp³-hybridized carbons (Fsp3) is 0.263. The van der Waals surface area contributed by atoms with Crippen molar-refractivity contribution in [3.05, 3.63) is 59.1 Å². The van der Waals surface area contributed by atoms with Crippen molar-refractivity contribution in [2.24, 2.45) is 0 Å². The summed E-state index contributed by atoms with van der Waals surface area (Å²) in [7, 11) is 1.63. The monoisotopic (exact) mass is 367 g/mol. The zero-order valence-electron chi connectivity index (χ0n) is 15.4. The minimum atomic E-state index is -0.256. The summed E-state index contributed by atoms with van der Waals surface area (Å²) in [4.78, 5) is 20.9. The summed E-state index contributed by atoms with van der Waals surface area (Å²) in [6.45, 7) is 4.09. The number of nitrogens with one attached hydrogen (secondary N) is 2. The highest BCUT2D eigenvalue weighted by atomic mass is 16.5. The van der Waals surface area contributed by atoms with E-state index in [2.05, 4.69) is 25.8 Å². The van der Waals surface area contributed by atoms with Gasteiger partial charge in [0.25, 0.3) is 5.91 Å². The number of methoxy groups -OCH3 is 1. The summed E-state index contributed by atoms with van der Waals surface area (Å²) in [5.41, 5.74) is 2.08. The Bertz CT molecular complexity index is 921. The number of nitrogens with zero attached hydrogens (tertiary/aromatic N) is 3. The van der Waals surface area contributed by atoms with E-state index in [1.807, 2.05) is 24.3 Å². The molecule has 2 N–H and O–H groups in total. The predicted molar refractivity (Wildman–Crippen MR) is 100 cm³/mol. The van der Waals surface area contributed by atoms with Gasteiger partial charge in [-0.25, -0.2) is 9.97 Å². The average molecular weight is 367 g/mol. The smallest absolute Gasteiger partial charge is 0.270 e. The molecule has 140 valence electrons. The first-order valence-corrected chi connectivity index (χ1v) is 8.50. The molecule has 0 radical (unpaired) electrons. The highest BCUT2D eigenvalue weighted by Crippen LogP contribution is 2.14. The highest BCUT2D eigenvalue weighted by Gasteiger charge is 2.11. The van der Waals surface area contributed by atoms with Crippen LogP contribution < -0.4 is 15.4 Å². The molecule has 0 saturated heterocycles. The van der Waals surface area contributed by atoms with Crippen molar-refractivity contribution in [1.29, 1.82) is 0 Å². The van der Waals surface area contributed by atoms with Gasteiger partial charge in [0.05, 0.1) is 7.11 Å². The molecule has 0 atom stereocenters. The maximum absolute atomic E-state index is 12.4. The number of benzene rings is 1. The maximum Gasteiger partial charge on any atom is 0.270 e. The number of rotatable bonds is 7. The van der Waals surface area contributed by atoms with Crippen LogP contribution in [-0.4, -0.2) is 34.7 Å². The van der Waals surface area contributed by atoms with E-state index in [9.17, 15) is 4.79 Å². The van der Waals surface area contributed by atoms with E-state index in [0.29, 0.717) is 41.9 Å². The zero-order chi connectivity index (χ0) is 19.2. The number of aromatic nitrogens is 3. The SMILES string of the molecule is COc1ccc(CCNC(=O)c2cc(C)nc(Nc3cc(C)on3)n2)cc1. The van der Waals surface area contributed by atoms with Gasteiger partial charge in [0.2, 0.25) is 5.95 Å². The van der Waals surface area contributed by atoms with Crippen LogP contribution in [0.1, 0.15) is 27.5 Å². The summed E-state index contributed by atoms with van der Waals surface area (Å²) in [5, 5.41) is 9.65. The molecule has 0 saturated carbocycles. The second-order valence-electron chi connectivity index (χ2n) is 6.02. The minimum absolute atomic E-state index is 0.256. The third-order valence-electron chi connectivity index (χ3n) is 3.81. The lowest BCUT2D eigenvalue weighted by Crippen LogP contribution is -2.27. The van der Waals surface area contributed by atoms with Crippen LogP contribution in [-0.2, 0) is 6.42 Å². The standard InChI is InChI=1S/C19H21N5O3/c1-12-10-16(22-19(21-12)23-17-11-13(2)27-24-17)18(25)20-9-8-14-4-6-15(26-3)7-5-14/h4-7,10-11H,8-9H2,1-3H3,(H,20,25)(H,21,22,23,24). The number of carbonyl (C=O) groups is 1. The van der Waals surface area contributed by atoms with E-state index >= 15 is 0 Å². The Hall–Kier alpha value is -3.42. The van der Waals surface area contributed by atoms with Gasteiger partial charge in [-0.2, -0.15) is 0 Å². The molecule has 2 heterocycles. The van der Waals surface area contributed by atoms with E-state index in [1.165, 1.54) is 0 Å². The van der Waals surface area contributed by atoms with Gasteiger partial charge in [-0.15, -0.1) is 0 Å². The topological polar surface area (TPSA) is 102 Å². The zero-order valence-corrected chi connectivity index (χ0v) is 15.4. The average Bonchev–Trinajstić information content (AvgIpc) is 3.06. The van der Waals surface area contributed by atoms with Crippen LogP contribution in [0.25, 0.3) is 0 Å². The van der Waals surface area contributed by atoms with Crippen molar-refractivity contribution in [2.45, 2.75) is 20.3 Å². The van der Waals surface area contributed by atoms with Gasteiger partial charge in [0, 0.05) is 18.3 Å². The van der Waals surface area contributed by atoms with Crippen molar-refractivity contribution >= 4 is 17.7 Å². The molecule has 8 nitrogen and oxygen atoms in total. The van der Waals surface area contributed by atoms with Crippen LogP contribution in [0.5, 0.6) is 5.75 Å². The molecule has 0 spiro atoms. The molecule has 1 aromatic carbocycles. The normalized spacial score (nSPS) is 10.5. The lowest BCUT2D eigenvalue weighted by Gasteiger charge is -2.08. The Balaban J connectivity index is 1.60. The van der Waals surface area contributed by atoms with Crippen LogP contribution in [0.2, 0.25) is 0 Å². The quantitative estimate of drug-likeness (QED) is 0.662. The van der Waals surface area contributed by atoms with Crippen molar-refractivity contribution < 1.29 is 14.1 Å². The van der Waals surface area contributed by atoms with Crippen LogP contribution in [0.3, 0.4) is 0 Å². The minimum Gasteiger partial charge on any atom is -0.497 e. The van der Waals surface area contributed by atoms with E-state index in [4.69, 9.17) is 9.26 Å². The Labute approximate surface area is 157 Å². The van der Waals surface area contributed by atoms with Gasteiger partial charge in [-0.05, 0) is 44.0 Å². The van der Waals surface area contributed by atoms with Gasteiger partial charge < -0.3 is 19.9 Å². The largest absolute Gasteiger partial charge is 0.497 e. The summed E-state index contributed by atoms with van der Waals surface area (Å²) in [6, 6.07) is 11.1. The summed E-state index contributed by atoms with van der Waals surface area (Å²) < 4.78 is 10.1. The van der Waals surface area contributed by atoms with Crippen LogP contribution in [0, 0.1) is 13.8 Å². The Morgan fingerprint density at radius 2 is 1.93 bits per heavy atom. The Morgan fingerprint density at radius 3 is 2.59 bits per heavy atom. The molecule has 3 aromatic rings. The first kappa shape index (κ1) is 18.4. The third kappa shape index (κ3) is 5.04. The Kier molecular flexibility index (Phi) is 5.65. The van der Waals surface area contributed by atoms with E-state index in [1.54, 1.807) is 33.1 Å². The first-order valence-electron chi connectivity index (χ1n) is 8.50. The summed E-state index contributed by atoms with van der Waals surface area (Å²) >= 11 is 0. The molecule has 2 aromatic heterocycles. The lowest BCUT2D eigenvalue weighted by atomic mass is 10.1. The number of amides is 1. The summed E-state index contributed by atoms with van der Waals surface area (Å²) in [6.07, 6.45) is 0.711. The second kappa shape index (κ2) is 8.31. The van der Waals surface area contributed by atoms with Gasteiger partial charge >= 0.3 is 0 Å². The Morgan fingerprint density at radius 1 is 1.15 bits per heavy atom. The van der Waals surface area contributed by atoms with Crippen molar-refractivity contribution in [2.75, 3.05) is 19.0 Å². The van der Waals surface area contributed by atoms with Crippen molar-refractivity contribution in [3.63, 3.8) is 0 Å². The molecular weight excluding hydrogens is 346 g/mol. The highest BCUT2D eigenvalue weighted by molar-refractivity contribution is 5.92. The molecule has 8 heteroatoms. The molecule has 0 aliphatic heterocycles. The third-order valence-corrected chi connectivity index (χ3v) is 3.81. The number of aryl methyl sites for hydroxylation is 2. The van der Waals surface area contributed by atoms with Crippen LogP contribution in [0.15, 0.2) is 40.9 Å². The van der Waals surface area contributed by atoms with Gasteiger partial charge in [0.15, 0.2) is 5.82 Å². The predicted octanol–water partition coefficient (Wildman–Crippen LogP) is 2.81. The van der Waals surface area contributed by atoms with Crippen LogP contribution in [0.4, 0.5) is 11.8 Å². The molecular formula is C19H21N5O3. The number of ether oxygens (including phenoxy) is 1. The first-order chi connectivity index (χ1) is 13.0. The molecule has 0 bridgehead atoms. The fourth-order valence-corrected chi connectivity index (χ4v) is 2.48. The number of hydrogen-bond donors (Lipinski definition) is 2. The number of anilines is 2. The van der Waals surface area contributed by atoms with E-state index in [-0.39, 0.29) is 5.91 Å². The molecule has 1 amide bonds. The molecule has 0 fully saturated rings. The molecule has 0 aliphatic rings. The molecule has 0 aliphatic carbocycles. The number of hydrogen-bond acceptors (Lipinski definition) is 7. The van der Waals surface area contributed by atoms with Crippen molar-refractivity contribution in [1.82, 2.24) is 20.4 Å². The molecule has 0 unspecified atom stereocenters. The van der Waals surface area contributed by atoms with Crippen LogP contribution >= 0.6 is 0 Å². The lowest BCUT2D eigenvalue weighted by molar-refractivity contribution is 0.0949.